The van der Waals surface area contributed by atoms with Gasteiger partial charge in [-0.15, -0.1) is 0 Å². The highest BCUT2D eigenvalue weighted by Crippen LogP contribution is 2.25. The summed E-state index contributed by atoms with van der Waals surface area (Å²) in [6, 6.07) is 1.39. The van der Waals surface area contributed by atoms with Crippen LogP contribution in [-0.4, -0.2) is 18.5 Å². The zero-order valence-corrected chi connectivity index (χ0v) is 9.84. The maximum Gasteiger partial charge on any atom is 0.534 e. The van der Waals surface area contributed by atoms with Crippen molar-refractivity contribution in [2.24, 2.45) is 7.05 Å². The predicted octanol–water partition coefficient (Wildman–Crippen LogP) is 0.624. The molecular weight excluding hydrogens is 296 g/mol. The fourth-order valence-electron chi connectivity index (χ4n) is 1.03. The number of halogens is 4. The van der Waals surface area contributed by atoms with Crippen LogP contribution in [0.2, 0.25) is 0 Å². The van der Waals surface area contributed by atoms with Gasteiger partial charge in [-0.05, 0) is 0 Å². The summed E-state index contributed by atoms with van der Waals surface area (Å²) in [7, 11) is -5.22. The Morgan fingerprint density at radius 1 is 1.42 bits per heavy atom. The van der Waals surface area contributed by atoms with Crippen molar-refractivity contribution < 1.29 is 30.2 Å². The third-order valence-electron chi connectivity index (χ3n) is 1.92. The second kappa shape index (κ2) is 4.54. The Hall–Kier alpha value is -2.09. The summed E-state index contributed by atoms with van der Waals surface area (Å²) in [6.45, 7) is 0. The summed E-state index contributed by atoms with van der Waals surface area (Å²) in [5.41, 5.74) is -7.94. The lowest BCUT2D eigenvalue weighted by Gasteiger charge is -2.10. The number of nitriles is 1. The highest BCUT2D eigenvalue weighted by Gasteiger charge is 2.49. The maximum absolute atomic E-state index is 13.2. The number of hydrogen-bond acceptors (Lipinski definition) is 5. The molecule has 0 saturated heterocycles. The van der Waals surface area contributed by atoms with Crippen molar-refractivity contribution in [3.05, 3.63) is 27.9 Å². The van der Waals surface area contributed by atoms with Crippen molar-refractivity contribution in [2.45, 2.75) is 5.51 Å². The van der Waals surface area contributed by atoms with Crippen LogP contribution in [-0.2, 0) is 17.2 Å². The van der Waals surface area contributed by atoms with Crippen LogP contribution >= 0.6 is 0 Å². The van der Waals surface area contributed by atoms with E-state index in [0.717, 1.165) is 7.05 Å². The summed E-state index contributed by atoms with van der Waals surface area (Å²) >= 11 is 0. The van der Waals surface area contributed by atoms with Gasteiger partial charge in [0.1, 0.15) is 6.07 Å². The van der Waals surface area contributed by atoms with Gasteiger partial charge in [-0.3, -0.25) is 9.36 Å². The van der Waals surface area contributed by atoms with Gasteiger partial charge in [0, 0.05) is 13.1 Å². The molecule has 0 saturated carbocycles. The minimum atomic E-state index is -6.09. The topological polar surface area (TPSA) is 89.2 Å². The highest BCUT2D eigenvalue weighted by molar-refractivity contribution is 7.87. The van der Waals surface area contributed by atoms with E-state index in [-0.39, 0.29) is 6.07 Å². The van der Waals surface area contributed by atoms with Gasteiger partial charge in [0.15, 0.2) is 11.5 Å². The molecule has 0 unspecified atom stereocenters. The van der Waals surface area contributed by atoms with Crippen molar-refractivity contribution >= 4 is 10.1 Å². The molecule has 0 N–H and O–H groups in total. The van der Waals surface area contributed by atoms with Gasteiger partial charge in [-0.1, -0.05) is 0 Å². The van der Waals surface area contributed by atoms with E-state index >= 15 is 0 Å². The van der Waals surface area contributed by atoms with E-state index in [4.69, 9.17) is 5.26 Å². The molecule has 0 amide bonds. The van der Waals surface area contributed by atoms with Crippen LogP contribution in [0.4, 0.5) is 17.6 Å². The molecule has 0 aliphatic heterocycles. The molecular formula is C8H4F4N2O4S. The number of aromatic nitrogens is 1. The first-order chi connectivity index (χ1) is 8.51. The van der Waals surface area contributed by atoms with Gasteiger partial charge in [0.05, 0.1) is 0 Å². The van der Waals surface area contributed by atoms with Crippen LogP contribution in [0.3, 0.4) is 0 Å². The van der Waals surface area contributed by atoms with E-state index in [1.165, 1.54) is 6.07 Å². The lowest BCUT2D eigenvalue weighted by molar-refractivity contribution is -0.0500. The van der Waals surface area contributed by atoms with Crippen molar-refractivity contribution in [3.8, 4) is 11.8 Å². The zero-order valence-electron chi connectivity index (χ0n) is 9.02. The minimum Gasteiger partial charge on any atom is -0.370 e. The number of rotatable bonds is 2. The molecule has 11 heteroatoms. The van der Waals surface area contributed by atoms with Gasteiger partial charge >= 0.3 is 15.6 Å². The molecule has 1 aromatic heterocycles. The Labute approximate surface area is 103 Å². The van der Waals surface area contributed by atoms with Crippen molar-refractivity contribution in [3.63, 3.8) is 0 Å². The molecule has 0 aromatic carbocycles. The Balaban J connectivity index is 3.43. The van der Waals surface area contributed by atoms with E-state index < -0.39 is 38.4 Å². The second-order valence-corrected chi connectivity index (χ2v) is 4.70. The van der Waals surface area contributed by atoms with E-state index in [1.807, 2.05) is 0 Å². The van der Waals surface area contributed by atoms with Crippen molar-refractivity contribution in [2.75, 3.05) is 0 Å². The fraction of sp³-hybridized carbons (Fsp3) is 0.250. The molecule has 0 atom stereocenters. The van der Waals surface area contributed by atoms with E-state index in [2.05, 4.69) is 4.18 Å². The Kier molecular flexibility index (Phi) is 3.58. The zero-order chi connectivity index (χ0) is 15.0. The lowest BCUT2D eigenvalue weighted by atomic mass is 10.3. The molecule has 0 aliphatic carbocycles. The first kappa shape index (κ1) is 15.0. The molecule has 0 spiro atoms. The van der Waals surface area contributed by atoms with E-state index in [0.29, 0.717) is 4.57 Å². The molecule has 19 heavy (non-hydrogen) atoms. The van der Waals surface area contributed by atoms with Gasteiger partial charge in [-0.25, -0.2) is 4.39 Å². The third kappa shape index (κ3) is 2.68. The van der Waals surface area contributed by atoms with Crippen LogP contribution < -0.4 is 9.74 Å². The number of pyridine rings is 1. The summed E-state index contributed by atoms with van der Waals surface area (Å²) in [4.78, 5) is 11.4. The van der Waals surface area contributed by atoms with Crippen LogP contribution in [0.5, 0.6) is 5.75 Å². The Morgan fingerprint density at radius 2 is 1.95 bits per heavy atom. The Morgan fingerprint density at radius 3 is 2.37 bits per heavy atom. The van der Waals surface area contributed by atoms with E-state index in [9.17, 15) is 30.8 Å². The van der Waals surface area contributed by atoms with Crippen LogP contribution in [0.25, 0.3) is 0 Å². The van der Waals surface area contributed by atoms with Crippen LogP contribution in [0.1, 0.15) is 5.69 Å². The first-order valence-corrected chi connectivity index (χ1v) is 5.72. The molecule has 104 valence electrons. The third-order valence-corrected chi connectivity index (χ3v) is 2.89. The van der Waals surface area contributed by atoms with Gasteiger partial charge in [-0.2, -0.15) is 26.9 Å². The molecule has 1 heterocycles. The monoisotopic (exact) mass is 300 g/mol. The molecule has 0 fully saturated rings. The normalized spacial score (nSPS) is 12.0. The number of hydrogen-bond donors (Lipinski definition) is 0. The van der Waals surface area contributed by atoms with Crippen LogP contribution in [0.15, 0.2) is 10.9 Å². The SMILES string of the molecule is Cn1c(C#N)c(F)cc(OS(=O)(=O)C(F)(F)F)c1=O. The average Bonchev–Trinajstić information content (AvgIpc) is 2.24. The Bertz CT molecular complexity index is 714. The molecule has 0 radical (unpaired) electrons. The van der Waals surface area contributed by atoms with Crippen LogP contribution in [0, 0.1) is 17.1 Å². The molecule has 0 bridgehead atoms. The second-order valence-electron chi connectivity index (χ2n) is 3.16. The van der Waals surface area contributed by atoms with Gasteiger partial charge < -0.3 is 4.18 Å². The summed E-state index contributed by atoms with van der Waals surface area (Å²) < 4.78 is 74.5. The predicted molar refractivity (Wildman–Crippen MR) is 52.0 cm³/mol. The average molecular weight is 300 g/mol. The minimum absolute atomic E-state index is 0.101. The molecule has 6 nitrogen and oxygen atoms in total. The fourth-order valence-corrected chi connectivity index (χ4v) is 1.48. The summed E-state index contributed by atoms with van der Waals surface area (Å²) in [6.07, 6.45) is 0. The molecule has 1 rings (SSSR count). The summed E-state index contributed by atoms with van der Waals surface area (Å²) in [5, 5.41) is 8.49. The summed E-state index contributed by atoms with van der Waals surface area (Å²) in [5.74, 6) is -2.78. The molecule has 0 aliphatic rings. The standard InChI is InChI=1S/C8H4F4N2O4S/c1-14-5(3-13)4(9)2-6(7(14)15)18-19(16,17)8(10,11)12/h2H,1H3. The van der Waals surface area contributed by atoms with E-state index in [1.54, 1.807) is 0 Å². The maximum atomic E-state index is 13.2. The largest absolute Gasteiger partial charge is 0.534 e. The smallest absolute Gasteiger partial charge is 0.370 e. The number of nitrogens with zero attached hydrogens (tertiary/aromatic N) is 2. The number of alkyl halides is 3. The van der Waals surface area contributed by atoms with Crippen molar-refractivity contribution in [1.29, 1.82) is 5.26 Å². The van der Waals surface area contributed by atoms with Gasteiger partial charge in [0.25, 0.3) is 5.56 Å². The first-order valence-electron chi connectivity index (χ1n) is 4.31. The lowest BCUT2D eigenvalue weighted by Crippen LogP contribution is -2.32. The molecule has 1 aromatic rings. The quantitative estimate of drug-likeness (QED) is 0.454. The highest BCUT2D eigenvalue weighted by atomic mass is 32.2. The van der Waals surface area contributed by atoms with Gasteiger partial charge in [0.2, 0.25) is 5.75 Å². The van der Waals surface area contributed by atoms with Crippen molar-refractivity contribution in [1.82, 2.24) is 4.57 Å².